The number of pyridine rings is 2. The summed E-state index contributed by atoms with van der Waals surface area (Å²) in [5.74, 6) is -15.0. The fraction of sp³-hybridized carbons (Fsp3) is 0.667. The number of allylic oxidation sites excluding steroid dienone is 4. The Morgan fingerprint density at radius 3 is 1.25 bits per heavy atom. The van der Waals surface area contributed by atoms with Crippen molar-refractivity contribution in [1.29, 1.82) is 0 Å². The number of amides is 4. The number of hydrogen-bond donors (Lipinski definition) is 2. The molecule has 4 aromatic rings. The second-order valence-corrected chi connectivity index (χ2v) is 41.6. The van der Waals surface area contributed by atoms with Crippen LogP contribution in [0.4, 0.5) is 26.3 Å². The van der Waals surface area contributed by atoms with Crippen LogP contribution in [0.1, 0.15) is 222 Å². The Kier molecular flexibility index (Phi) is 26.3. The highest BCUT2D eigenvalue weighted by molar-refractivity contribution is 7.92. The summed E-state index contributed by atoms with van der Waals surface area (Å²) in [4.78, 5) is 128. The van der Waals surface area contributed by atoms with Crippen molar-refractivity contribution < 1.29 is 110 Å². The second kappa shape index (κ2) is 35.2. The summed E-state index contributed by atoms with van der Waals surface area (Å²) < 4.78 is 176. The minimum atomic E-state index is -4.40. The van der Waals surface area contributed by atoms with Gasteiger partial charge in [-0.25, -0.2) is 43.2 Å². The van der Waals surface area contributed by atoms with E-state index < -0.39 is 209 Å². The summed E-state index contributed by atoms with van der Waals surface area (Å²) in [6, 6.07) is 12.8. The van der Waals surface area contributed by atoms with Crippen molar-refractivity contribution in [3.8, 4) is 23.5 Å². The van der Waals surface area contributed by atoms with Gasteiger partial charge in [0, 0.05) is 61.4 Å². The molecule has 2 N–H and O–H groups in total. The summed E-state index contributed by atoms with van der Waals surface area (Å²) >= 11 is 0. The van der Waals surface area contributed by atoms with Gasteiger partial charge in [-0.2, -0.15) is 9.97 Å². The normalized spacial score (nSPS) is 29.8. The second-order valence-electron chi connectivity index (χ2n) is 37.5. The lowest BCUT2D eigenvalue weighted by atomic mass is 9.79. The zero-order valence-electron chi connectivity index (χ0n) is 71.3. The monoisotopic (exact) mass is 1750 g/mol. The van der Waals surface area contributed by atoms with Crippen molar-refractivity contribution in [2.24, 2.45) is 58.2 Å². The number of nitrogens with one attached hydrogen (secondary N) is 2. The smallest absolute Gasteiger partial charge is 0.307 e. The Balaban J connectivity index is 0.000000210. The number of hydrogen-bond acceptors (Lipinski definition) is 20. The molecular formula is C90H116F6N6O18S2. The quantitative estimate of drug-likeness (QED) is 0.0419. The van der Waals surface area contributed by atoms with Crippen molar-refractivity contribution in [3.05, 3.63) is 84.0 Å². The number of carbonyl (C=O) groups is 8. The van der Waals surface area contributed by atoms with Crippen LogP contribution in [0.25, 0.3) is 21.5 Å². The number of aryl methyl sites for hydroxylation is 2. The zero-order valence-corrected chi connectivity index (χ0v) is 72.9. The molecule has 14 rings (SSSR count). The minimum absolute atomic E-state index is 0.0144. The average Bonchev–Trinajstić information content (AvgIpc) is 1.36. The van der Waals surface area contributed by atoms with E-state index in [1.165, 1.54) is 9.80 Å². The van der Waals surface area contributed by atoms with Crippen LogP contribution in [0.2, 0.25) is 0 Å². The molecule has 4 saturated carbocycles. The molecule has 0 spiro atoms. The number of benzene rings is 2. The van der Waals surface area contributed by atoms with Crippen molar-refractivity contribution in [3.63, 3.8) is 0 Å². The number of Topliss-reactive ketones (excluding diaryl/α,β-unsaturated/α-hetero) is 2. The molecule has 122 heavy (non-hydrogen) atoms. The molecule has 6 fully saturated rings. The summed E-state index contributed by atoms with van der Waals surface area (Å²) in [6.07, 6.45) is 12.4. The summed E-state index contributed by atoms with van der Waals surface area (Å²) in [6.45, 7) is 12.1. The lowest BCUT2D eigenvalue weighted by Crippen LogP contribution is -2.49. The van der Waals surface area contributed by atoms with Crippen LogP contribution in [0.15, 0.2) is 72.8 Å². The maximum Gasteiger partial charge on any atom is 0.307 e. The van der Waals surface area contributed by atoms with Crippen LogP contribution < -0.4 is 28.4 Å². The number of sulfonamides is 2. The number of halogens is 6. The van der Waals surface area contributed by atoms with E-state index in [2.05, 4.69) is 9.44 Å². The number of alkyl halides is 6. The molecule has 0 bridgehead atoms. The maximum atomic E-state index is 15.1. The number of rotatable bonds is 22. The Labute approximate surface area is 709 Å². The van der Waals surface area contributed by atoms with E-state index in [-0.39, 0.29) is 88.1 Å². The number of esters is 2. The number of ketones is 2. The van der Waals surface area contributed by atoms with Gasteiger partial charge >= 0.3 is 11.9 Å². The highest BCUT2D eigenvalue weighted by Crippen LogP contribution is 2.60. The standard InChI is InChI=1S/2C45H58F3N3O9S/c2*1-6-28-20-27(2)12-7-8-13-29-23-45(29,41(55)50-61(56,57)44(26-46)17-18-44)24-36(52)35-21-30(25-51(35)40(54)34(28)22-37(53)60-42(3,4)43(5,47)48)59-39-33-15-10-9-14-31(33)32-16-11-19-58-38(32)49-39/h2*8-10,13-15,27-30,34-35H,6-7,11-12,16-26H2,1-5H3,(H,50,55)/b2*13-8-/t27-,28+,29+,30+,34-,35-,45+;27-,28-,29-,30-,34+,35+,45-/m01/s1. The number of carbonyl (C=O) groups excluding carboxylic acids is 8. The number of aromatic nitrogens is 2. The van der Waals surface area contributed by atoms with Crippen molar-refractivity contribution in [1.82, 2.24) is 29.2 Å². The molecule has 668 valence electrons. The zero-order chi connectivity index (χ0) is 88.2. The first kappa shape index (κ1) is 91.3. The SMILES string of the molecule is CC[C@@H]1C[C@@H](C)CC/C=C\[C@@H]2C[C@@]2(C(=O)NS(=O)(=O)C2(CF)CC2)CC(=O)[C@@H]2C[C@@H](Oc3nc4c(c5ccccc35)CCCO4)CN2C(=O)[C@H]1CC(=O)OC(C)(C)C(C)(F)F.CC[C@@H]1C[C@H](C)CC/C=C\[C@@H]2C[C@@]2(C(=O)NS(=O)(=O)C2(CF)CC2)CC(=O)[C@@H]2C[C@@H](Oc3nc4c(c5ccccc35)CCCO4)CN2C(=O)[C@H]1CC(=O)OC(C)(C)C(C)(F)F. The third-order valence-electron chi connectivity index (χ3n) is 28.0. The van der Waals surface area contributed by atoms with Crippen LogP contribution >= 0.6 is 0 Å². The van der Waals surface area contributed by atoms with Gasteiger partial charge in [0.2, 0.25) is 67.2 Å². The molecule has 24 nitrogen and oxygen atoms in total. The predicted molar refractivity (Wildman–Crippen MR) is 440 cm³/mol. The van der Waals surface area contributed by atoms with Gasteiger partial charge < -0.3 is 38.2 Å². The molecule has 4 aliphatic carbocycles. The van der Waals surface area contributed by atoms with Crippen LogP contribution in [0.5, 0.6) is 23.5 Å². The molecule has 2 saturated heterocycles. The highest BCUT2D eigenvalue weighted by Gasteiger charge is 2.66. The molecule has 8 heterocycles. The molecular weight excluding hydrogens is 1630 g/mol. The Morgan fingerprint density at radius 1 is 0.549 bits per heavy atom. The van der Waals surface area contributed by atoms with E-state index in [0.29, 0.717) is 90.2 Å². The van der Waals surface area contributed by atoms with E-state index in [1.807, 2.05) is 101 Å². The fourth-order valence-electron chi connectivity index (χ4n) is 18.8. The Hall–Kier alpha value is -8.42. The molecule has 14 atom stereocenters. The highest BCUT2D eigenvalue weighted by atomic mass is 32.2. The van der Waals surface area contributed by atoms with Gasteiger partial charge in [-0.1, -0.05) is 101 Å². The number of ether oxygens (including phenoxy) is 6. The average molecular weight is 1750 g/mol. The Bertz CT molecular complexity index is 4680. The molecule has 32 heteroatoms. The van der Waals surface area contributed by atoms with Crippen LogP contribution in [0, 0.1) is 58.2 Å². The minimum Gasteiger partial charge on any atom is -0.477 e. The van der Waals surface area contributed by atoms with Gasteiger partial charge in [-0.15, -0.1) is 0 Å². The molecule has 6 aliphatic heterocycles. The van der Waals surface area contributed by atoms with Crippen molar-refractivity contribution in [2.45, 2.75) is 280 Å². The van der Waals surface area contributed by atoms with Gasteiger partial charge in [0.05, 0.1) is 73.9 Å². The maximum absolute atomic E-state index is 15.1. The first-order valence-corrected chi connectivity index (χ1v) is 46.3. The molecule has 10 aliphatic rings. The van der Waals surface area contributed by atoms with Crippen molar-refractivity contribution in [2.75, 3.05) is 39.7 Å². The topological polar surface area (TPSA) is 317 Å². The first-order valence-electron chi connectivity index (χ1n) is 43.4. The van der Waals surface area contributed by atoms with Gasteiger partial charge in [-0.05, 0) is 189 Å². The van der Waals surface area contributed by atoms with E-state index in [4.69, 9.17) is 38.4 Å². The van der Waals surface area contributed by atoms with E-state index in [0.717, 1.165) is 86.1 Å². The largest absolute Gasteiger partial charge is 0.477 e. The van der Waals surface area contributed by atoms with Crippen LogP contribution in [0.3, 0.4) is 0 Å². The van der Waals surface area contributed by atoms with E-state index in [1.54, 1.807) is 0 Å². The summed E-state index contributed by atoms with van der Waals surface area (Å²) in [5.41, 5.74) is -5.36. The predicted octanol–water partition coefficient (Wildman–Crippen LogP) is 14.4. The van der Waals surface area contributed by atoms with Gasteiger partial charge in [0.15, 0.2) is 22.8 Å². The van der Waals surface area contributed by atoms with Crippen molar-refractivity contribution >= 4 is 88.7 Å². The molecule has 2 aromatic heterocycles. The van der Waals surface area contributed by atoms with Crippen LogP contribution in [-0.2, 0) is 80.7 Å². The fourth-order valence-corrected chi connectivity index (χ4v) is 21.7. The summed E-state index contributed by atoms with van der Waals surface area (Å²) in [5, 5.41) is 3.24. The molecule has 4 amide bonds. The van der Waals surface area contributed by atoms with Gasteiger partial charge in [0.25, 0.3) is 11.8 Å². The van der Waals surface area contributed by atoms with Gasteiger partial charge in [-0.3, -0.25) is 47.8 Å². The number of nitrogens with zero attached hydrogens (tertiary/aromatic N) is 4. The van der Waals surface area contributed by atoms with Gasteiger partial charge in [0.1, 0.15) is 35.1 Å². The lowest BCUT2D eigenvalue weighted by Gasteiger charge is -2.35. The molecule has 2 aromatic carbocycles. The Morgan fingerprint density at radius 2 is 0.910 bits per heavy atom. The lowest BCUT2D eigenvalue weighted by molar-refractivity contribution is -0.197. The number of fused-ring (bicyclic) bond motifs is 10. The van der Waals surface area contributed by atoms with E-state index >= 15 is 9.59 Å². The third kappa shape index (κ3) is 18.8. The molecule has 0 radical (unpaired) electrons. The summed E-state index contributed by atoms with van der Waals surface area (Å²) in [7, 11) is -8.79. The van der Waals surface area contributed by atoms with Crippen LogP contribution in [-0.4, -0.2) is 180 Å². The van der Waals surface area contributed by atoms with E-state index in [9.17, 15) is 71.9 Å². The molecule has 0 unspecified atom stereocenters. The first-order chi connectivity index (χ1) is 57.5. The third-order valence-corrected chi connectivity index (χ3v) is 32.2.